The van der Waals surface area contributed by atoms with Crippen molar-refractivity contribution < 1.29 is 8.85 Å². The van der Waals surface area contributed by atoms with E-state index in [0.717, 1.165) is 19.1 Å². The van der Waals surface area contributed by atoms with Gasteiger partial charge in [-0.05, 0) is 32.6 Å². The molecule has 0 bridgehead atoms. The summed E-state index contributed by atoms with van der Waals surface area (Å²) in [5.41, 5.74) is 0.710. The maximum Gasteiger partial charge on any atom is 0.345 e. The van der Waals surface area contributed by atoms with E-state index in [0.29, 0.717) is 5.54 Å². The Labute approximate surface area is 120 Å². The van der Waals surface area contributed by atoms with Gasteiger partial charge in [0.15, 0.2) is 0 Å². The summed E-state index contributed by atoms with van der Waals surface area (Å²) in [6.07, 6.45) is 12.3. The van der Waals surface area contributed by atoms with Gasteiger partial charge in [-0.2, -0.15) is 0 Å². The minimum Gasteiger partial charge on any atom is -0.394 e. The first-order valence-electron chi connectivity index (χ1n) is 8.44. The fraction of sp³-hybridized carbons (Fsp3) is 0.938. The molecule has 2 aliphatic carbocycles. The fourth-order valence-corrected chi connectivity index (χ4v) is 8.04. The summed E-state index contributed by atoms with van der Waals surface area (Å²) in [5, 5.41) is 0. The van der Waals surface area contributed by atoms with Gasteiger partial charge < -0.3 is 8.85 Å². The average Bonchev–Trinajstić information content (AvgIpc) is 2.93. The largest absolute Gasteiger partial charge is 0.394 e. The molecule has 0 heterocycles. The van der Waals surface area contributed by atoms with Crippen LogP contribution in [0.15, 0.2) is 0 Å². The molecule has 0 N–H and O–H groups in total. The van der Waals surface area contributed by atoms with Crippen LogP contribution in [-0.2, 0) is 8.85 Å². The monoisotopic (exact) mass is 283 g/mol. The van der Waals surface area contributed by atoms with E-state index in [2.05, 4.69) is 19.9 Å². The van der Waals surface area contributed by atoms with Crippen molar-refractivity contribution >= 4 is 8.56 Å². The van der Waals surface area contributed by atoms with Gasteiger partial charge in [-0.25, -0.2) is 0 Å². The summed E-state index contributed by atoms with van der Waals surface area (Å²) in [4.78, 5) is 0. The van der Waals surface area contributed by atoms with Crippen LogP contribution < -0.4 is 0 Å². The number of rotatable bonds is 7. The Balaban J connectivity index is 2.07. The maximum absolute atomic E-state index is 6.33. The molecule has 2 fully saturated rings. The van der Waals surface area contributed by atoms with Crippen LogP contribution in [0.25, 0.3) is 0 Å². The van der Waals surface area contributed by atoms with Crippen molar-refractivity contribution in [2.24, 2.45) is 5.92 Å². The molecule has 0 aromatic heterocycles. The molecule has 19 heavy (non-hydrogen) atoms. The van der Waals surface area contributed by atoms with Crippen LogP contribution in [0, 0.1) is 12.0 Å². The summed E-state index contributed by atoms with van der Waals surface area (Å²) >= 11 is 0. The maximum atomic E-state index is 6.33. The Morgan fingerprint density at radius 3 is 1.89 bits per heavy atom. The van der Waals surface area contributed by atoms with Crippen LogP contribution in [-0.4, -0.2) is 21.8 Å². The molecule has 0 aromatic rings. The molecule has 0 unspecified atom stereocenters. The zero-order valence-electron chi connectivity index (χ0n) is 12.8. The molecule has 1 radical (unpaired) electrons. The van der Waals surface area contributed by atoms with Crippen molar-refractivity contribution in [3.63, 3.8) is 0 Å². The van der Waals surface area contributed by atoms with E-state index in [1.165, 1.54) is 57.8 Å². The molecule has 0 aromatic carbocycles. The fourth-order valence-electron chi connectivity index (χ4n) is 3.92. The lowest BCUT2D eigenvalue weighted by molar-refractivity contribution is 0.168. The molecule has 0 amide bonds. The van der Waals surface area contributed by atoms with Crippen LogP contribution in [0.5, 0.6) is 0 Å². The zero-order valence-corrected chi connectivity index (χ0v) is 13.8. The van der Waals surface area contributed by atoms with Crippen molar-refractivity contribution in [2.75, 3.05) is 13.2 Å². The summed E-state index contributed by atoms with van der Waals surface area (Å²) < 4.78 is 12.7. The van der Waals surface area contributed by atoms with Gasteiger partial charge >= 0.3 is 8.56 Å². The first-order valence-corrected chi connectivity index (χ1v) is 10.4. The van der Waals surface area contributed by atoms with Crippen molar-refractivity contribution in [3.05, 3.63) is 6.04 Å². The van der Waals surface area contributed by atoms with Crippen molar-refractivity contribution in [1.82, 2.24) is 0 Å². The first kappa shape index (κ1) is 15.5. The standard InChI is InChI=1S/C16H31O2Si/c1-3-17-19(18-4-2,14-15-10-8-9-11-15)16-12-6-5-7-13-16/h14-16H,3-13H2,1-2H3. The van der Waals surface area contributed by atoms with E-state index in [1.54, 1.807) is 0 Å². The highest BCUT2D eigenvalue weighted by molar-refractivity contribution is 6.72. The van der Waals surface area contributed by atoms with Crippen LogP contribution in [0.4, 0.5) is 0 Å². The topological polar surface area (TPSA) is 18.5 Å². The van der Waals surface area contributed by atoms with Crippen molar-refractivity contribution in [2.45, 2.75) is 77.2 Å². The van der Waals surface area contributed by atoms with E-state index in [4.69, 9.17) is 8.85 Å². The van der Waals surface area contributed by atoms with Gasteiger partial charge in [0.25, 0.3) is 0 Å². The van der Waals surface area contributed by atoms with Gasteiger partial charge in [0.2, 0.25) is 0 Å². The molecule has 3 heteroatoms. The molecule has 0 atom stereocenters. The Morgan fingerprint density at radius 2 is 1.37 bits per heavy atom. The SMILES string of the molecule is CCO[Si]([CH]C1CCCC1)(OCC)C1CCCCC1. The molecule has 0 saturated heterocycles. The van der Waals surface area contributed by atoms with E-state index in [-0.39, 0.29) is 0 Å². The van der Waals surface area contributed by atoms with E-state index >= 15 is 0 Å². The summed E-state index contributed by atoms with van der Waals surface area (Å²) in [6.45, 7) is 5.88. The quantitative estimate of drug-likeness (QED) is 0.627. The lowest BCUT2D eigenvalue weighted by Crippen LogP contribution is -2.50. The highest BCUT2D eigenvalue weighted by atomic mass is 28.4. The summed E-state index contributed by atoms with van der Waals surface area (Å²) in [5.74, 6) is 0.770. The van der Waals surface area contributed by atoms with Crippen LogP contribution in [0.3, 0.4) is 0 Å². The second-order valence-electron chi connectivity index (χ2n) is 6.13. The lowest BCUT2D eigenvalue weighted by Gasteiger charge is -2.40. The smallest absolute Gasteiger partial charge is 0.345 e. The molecule has 2 aliphatic rings. The molecular formula is C16H31O2Si. The minimum atomic E-state index is -2.08. The van der Waals surface area contributed by atoms with Crippen LogP contribution >= 0.6 is 0 Å². The molecular weight excluding hydrogens is 252 g/mol. The third-order valence-corrected chi connectivity index (χ3v) is 8.91. The summed E-state index contributed by atoms with van der Waals surface area (Å²) in [6, 6.07) is 2.59. The Kier molecular flexibility index (Phi) is 6.37. The third-order valence-electron chi connectivity index (χ3n) is 4.78. The molecule has 2 nitrogen and oxygen atoms in total. The molecule has 0 aliphatic heterocycles. The average molecular weight is 284 g/mol. The van der Waals surface area contributed by atoms with Crippen molar-refractivity contribution in [3.8, 4) is 0 Å². The van der Waals surface area contributed by atoms with E-state index in [1.807, 2.05) is 0 Å². The Hall–Kier alpha value is 0.137. The van der Waals surface area contributed by atoms with Gasteiger partial charge in [0.05, 0.1) is 0 Å². The molecule has 2 saturated carbocycles. The third kappa shape index (κ3) is 4.05. The normalized spacial score (nSPS) is 23.1. The number of hydrogen-bond acceptors (Lipinski definition) is 2. The highest BCUT2D eigenvalue weighted by Crippen LogP contribution is 2.43. The predicted molar refractivity (Wildman–Crippen MR) is 82.1 cm³/mol. The van der Waals surface area contributed by atoms with Crippen molar-refractivity contribution in [1.29, 1.82) is 0 Å². The van der Waals surface area contributed by atoms with E-state index in [9.17, 15) is 0 Å². The molecule has 111 valence electrons. The number of hydrogen-bond donors (Lipinski definition) is 0. The second kappa shape index (κ2) is 7.80. The van der Waals surface area contributed by atoms with Crippen LogP contribution in [0.1, 0.15) is 71.6 Å². The molecule has 0 spiro atoms. The zero-order chi connectivity index (χ0) is 13.6. The van der Waals surface area contributed by atoms with Gasteiger partial charge in [0, 0.05) is 24.8 Å². The molecule has 2 rings (SSSR count). The van der Waals surface area contributed by atoms with Gasteiger partial charge in [-0.3, -0.25) is 0 Å². The van der Waals surface area contributed by atoms with Gasteiger partial charge in [-0.15, -0.1) is 0 Å². The van der Waals surface area contributed by atoms with Gasteiger partial charge in [0.1, 0.15) is 0 Å². The minimum absolute atomic E-state index is 0.710. The summed E-state index contributed by atoms with van der Waals surface area (Å²) in [7, 11) is -2.08. The Morgan fingerprint density at radius 1 is 0.842 bits per heavy atom. The first-order chi connectivity index (χ1) is 9.30. The predicted octanol–water partition coefficient (Wildman–Crippen LogP) is 4.77. The Bertz CT molecular complexity index is 239. The lowest BCUT2D eigenvalue weighted by atomic mass is 10.0. The highest BCUT2D eigenvalue weighted by Gasteiger charge is 2.47. The van der Waals surface area contributed by atoms with Gasteiger partial charge in [-0.1, -0.05) is 44.9 Å². The van der Waals surface area contributed by atoms with Crippen LogP contribution in [0.2, 0.25) is 5.54 Å². The van der Waals surface area contributed by atoms with E-state index < -0.39 is 8.56 Å². The second-order valence-corrected chi connectivity index (χ2v) is 9.30.